The van der Waals surface area contributed by atoms with Crippen molar-refractivity contribution in [2.24, 2.45) is 12.5 Å². The van der Waals surface area contributed by atoms with Crippen molar-refractivity contribution in [1.29, 1.82) is 0 Å². The molecule has 3 fully saturated rings. The van der Waals surface area contributed by atoms with Crippen LogP contribution in [0.15, 0.2) is 59.5 Å². The van der Waals surface area contributed by atoms with Gasteiger partial charge in [-0.25, -0.2) is 4.79 Å². The summed E-state index contributed by atoms with van der Waals surface area (Å²) in [7, 11) is 1.40. The van der Waals surface area contributed by atoms with E-state index in [1.165, 1.54) is 23.9 Å². The van der Waals surface area contributed by atoms with Gasteiger partial charge in [0.25, 0.3) is 5.56 Å². The van der Waals surface area contributed by atoms with E-state index in [1.807, 2.05) is 40.1 Å². The van der Waals surface area contributed by atoms with Crippen LogP contribution in [0.25, 0.3) is 11.3 Å². The maximum Gasteiger partial charge on any atom is 0.435 e. The van der Waals surface area contributed by atoms with Gasteiger partial charge in [-0.05, 0) is 37.0 Å². The highest BCUT2D eigenvalue weighted by Gasteiger charge is 2.56. The second-order valence-corrected chi connectivity index (χ2v) is 12.2. The predicted octanol–water partition coefficient (Wildman–Crippen LogP) is 4.03. The van der Waals surface area contributed by atoms with Crippen LogP contribution in [0.4, 0.5) is 18.0 Å². The number of carbonyl (C=O) groups excluding carboxylic acids is 1. The van der Waals surface area contributed by atoms with Gasteiger partial charge in [0.2, 0.25) is 0 Å². The summed E-state index contributed by atoms with van der Waals surface area (Å²) >= 11 is 0. The van der Waals surface area contributed by atoms with Crippen molar-refractivity contribution in [3.8, 4) is 11.3 Å². The molecule has 43 heavy (non-hydrogen) atoms. The van der Waals surface area contributed by atoms with Crippen molar-refractivity contribution < 1.29 is 23.1 Å². The molecule has 230 valence electrons. The minimum Gasteiger partial charge on any atom is -0.387 e. The van der Waals surface area contributed by atoms with E-state index < -0.39 is 28.4 Å². The number of amides is 2. The Morgan fingerprint density at radius 1 is 1.09 bits per heavy atom. The maximum absolute atomic E-state index is 14.0. The predicted molar refractivity (Wildman–Crippen MR) is 154 cm³/mol. The number of benzene rings is 1. The van der Waals surface area contributed by atoms with E-state index in [4.69, 9.17) is 0 Å². The van der Waals surface area contributed by atoms with E-state index >= 15 is 0 Å². The SMILES string of the molecule is Cn1nc(C(F)(F)F)cc1-c1ccn(C[C@]2(O)CCN(C(=O)N3CCNC[C@H]3c3ccccc3)CC23CCCC3)c(=O)c1. The van der Waals surface area contributed by atoms with Gasteiger partial charge in [-0.3, -0.25) is 9.48 Å². The molecule has 6 rings (SSSR count). The fraction of sp³-hybridized carbons (Fsp3) is 0.516. The average molecular weight is 599 g/mol. The molecule has 0 bridgehead atoms. The molecule has 1 aromatic carbocycles. The van der Waals surface area contributed by atoms with Crippen molar-refractivity contribution in [2.75, 3.05) is 32.7 Å². The minimum absolute atomic E-state index is 0.0281. The highest BCUT2D eigenvalue weighted by atomic mass is 19.4. The number of pyridine rings is 1. The number of piperazine rings is 1. The van der Waals surface area contributed by atoms with Gasteiger partial charge in [-0.1, -0.05) is 43.2 Å². The summed E-state index contributed by atoms with van der Waals surface area (Å²) in [5.41, 5.74) is -1.64. The number of urea groups is 1. The number of hydrogen-bond donors (Lipinski definition) is 2. The number of likely N-dealkylation sites (tertiary alicyclic amines) is 1. The monoisotopic (exact) mass is 598 g/mol. The van der Waals surface area contributed by atoms with E-state index in [0.717, 1.165) is 42.0 Å². The number of nitrogens with zero attached hydrogens (tertiary/aromatic N) is 5. The first-order valence-electron chi connectivity index (χ1n) is 14.9. The van der Waals surface area contributed by atoms with Crippen LogP contribution in [0.1, 0.15) is 49.4 Å². The number of aromatic nitrogens is 3. The minimum atomic E-state index is -4.59. The van der Waals surface area contributed by atoms with E-state index in [1.54, 1.807) is 6.07 Å². The summed E-state index contributed by atoms with van der Waals surface area (Å²) in [6, 6.07) is 13.7. The van der Waals surface area contributed by atoms with Gasteiger partial charge in [-0.15, -0.1) is 0 Å². The Balaban J connectivity index is 1.22. The fourth-order valence-electron chi connectivity index (χ4n) is 7.31. The molecule has 2 aromatic heterocycles. The molecule has 2 atom stereocenters. The zero-order chi connectivity index (χ0) is 30.4. The molecule has 4 heterocycles. The maximum atomic E-state index is 14.0. The molecular weight excluding hydrogens is 561 g/mol. The summed E-state index contributed by atoms with van der Waals surface area (Å²) in [6.45, 7) is 2.81. The Morgan fingerprint density at radius 3 is 2.51 bits per heavy atom. The van der Waals surface area contributed by atoms with Gasteiger partial charge in [0.15, 0.2) is 5.69 Å². The lowest BCUT2D eigenvalue weighted by Crippen LogP contribution is -2.64. The van der Waals surface area contributed by atoms with Crippen molar-refractivity contribution in [2.45, 2.75) is 56.5 Å². The number of rotatable bonds is 4. The van der Waals surface area contributed by atoms with Gasteiger partial charge < -0.3 is 24.8 Å². The van der Waals surface area contributed by atoms with Gasteiger partial charge >= 0.3 is 12.2 Å². The third-order valence-corrected chi connectivity index (χ3v) is 9.67. The number of hydrogen-bond acceptors (Lipinski definition) is 5. The normalized spacial score (nSPS) is 24.1. The standard InChI is InChI=1S/C31H37F3N6O3/c1-37-24(18-26(36-37)31(32,33)34)23-9-14-38(27(41)17-23)21-30(43)12-15-39(20-29(30)10-5-6-11-29)28(42)40-16-13-35-19-25(40)22-7-3-2-4-8-22/h2-4,7-9,14,17-18,25,35,43H,5-6,10-13,15-16,19-21H2,1H3/t25-,30+/m0/s1. The second kappa shape index (κ2) is 11.1. The molecule has 9 nitrogen and oxygen atoms in total. The van der Waals surface area contributed by atoms with Gasteiger partial charge in [0.05, 0.1) is 23.9 Å². The molecule has 0 unspecified atom stereocenters. The Morgan fingerprint density at radius 2 is 1.84 bits per heavy atom. The summed E-state index contributed by atoms with van der Waals surface area (Å²) < 4.78 is 42.0. The number of aliphatic hydroxyl groups is 1. The first-order valence-corrected chi connectivity index (χ1v) is 14.9. The van der Waals surface area contributed by atoms with Gasteiger partial charge in [0, 0.05) is 63.0 Å². The molecule has 0 radical (unpaired) electrons. The highest BCUT2D eigenvalue weighted by Crippen LogP contribution is 2.52. The quantitative estimate of drug-likeness (QED) is 0.473. The molecule has 1 aliphatic carbocycles. The van der Waals surface area contributed by atoms with Crippen LogP contribution in [-0.4, -0.2) is 73.6 Å². The molecule has 1 spiro atoms. The van der Waals surface area contributed by atoms with Crippen LogP contribution < -0.4 is 10.9 Å². The second-order valence-electron chi connectivity index (χ2n) is 12.2. The van der Waals surface area contributed by atoms with E-state index in [9.17, 15) is 27.9 Å². The summed E-state index contributed by atoms with van der Waals surface area (Å²) in [5, 5.41) is 19.1. The van der Waals surface area contributed by atoms with Crippen LogP contribution >= 0.6 is 0 Å². The zero-order valence-electron chi connectivity index (χ0n) is 24.2. The number of halogens is 3. The topological polar surface area (TPSA) is 95.6 Å². The van der Waals surface area contributed by atoms with Crippen molar-refractivity contribution in [3.05, 3.63) is 76.3 Å². The van der Waals surface area contributed by atoms with E-state index in [-0.39, 0.29) is 24.3 Å². The van der Waals surface area contributed by atoms with Gasteiger partial charge in [-0.2, -0.15) is 18.3 Å². The summed E-state index contributed by atoms with van der Waals surface area (Å²) in [5.74, 6) is 0. The number of aryl methyl sites for hydroxylation is 1. The Bertz CT molecular complexity index is 1530. The lowest BCUT2D eigenvalue weighted by molar-refractivity contribution is -0.141. The van der Waals surface area contributed by atoms with Gasteiger partial charge in [0.1, 0.15) is 0 Å². The first-order chi connectivity index (χ1) is 20.5. The molecular formula is C31H37F3N6O3. The zero-order valence-corrected chi connectivity index (χ0v) is 24.2. The number of nitrogens with one attached hydrogen (secondary N) is 1. The molecule has 12 heteroatoms. The molecule has 2 amide bonds. The average Bonchev–Trinajstić information content (AvgIpc) is 3.64. The third kappa shape index (κ3) is 5.46. The fourth-order valence-corrected chi connectivity index (χ4v) is 7.31. The number of alkyl halides is 3. The molecule has 3 aliphatic rings. The number of carbonyl (C=O) groups is 1. The first kappa shape index (κ1) is 29.4. The van der Waals surface area contributed by atoms with Crippen molar-refractivity contribution in [1.82, 2.24) is 29.5 Å². The lowest BCUT2D eigenvalue weighted by Gasteiger charge is -2.53. The Hall–Kier alpha value is -3.64. The van der Waals surface area contributed by atoms with Crippen LogP contribution in [0, 0.1) is 5.41 Å². The molecule has 1 saturated carbocycles. The van der Waals surface area contributed by atoms with Crippen LogP contribution in [0.2, 0.25) is 0 Å². The smallest absolute Gasteiger partial charge is 0.387 e. The Labute approximate surface area is 247 Å². The summed E-state index contributed by atoms with van der Waals surface area (Å²) in [6.07, 6.45) is 0.624. The molecule has 3 aromatic rings. The van der Waals surface area contributed by atoms with Crippen molar-refractivity contribution >= 4 is 6.03 Å². The van der Waals surface area contributed by atoms with E-state index in [0.29, 0.717) is 44.7 Å². The van der Waals surface area contributed by atoms with E-state index in [2.05, 4.69) is 10.4 Å². The highest BCUT2D eigenvalue weighted by molar-refractivity contribution is 5.75. The summed E-state index contributed by atoms with van der Waals surface area (Å²) in [4.78, 5) is 31.0. The van der Waals surface area contributed by atoms with Crippen LogP contribution in [0.3, 0.4) is 0 Å². The Kier molecular flexibility index (Phi) is 7.62. The number of piperidine rings is 1. The third-order valence-electron chi connectivity index (χ3n) is 9.67. The van der Waals surface area contributed by atoms with Crippen LogP contribution in [0.5, 0.6) is 0 Å². The molecule has 2 saturated heterocycles. The van der Waals surface area contributed by atoms with Crippen LogP contribution in [-0.2, 0) is 19.8 Å². The van der Waals surface area contributed by atoms with Crippen molar-refractivity contribution in [3.63, 3.8) is 0 Å². The largest absolute Gasteiger partial charge is 0.435 e. The lowest BCUT2D eigenvalue weighted by atomic mass is 9.66. The molecule has 2 aliphatic heterocycles. The molecule has 2 N–H and O–H groups in total.